The van der Waals surface area contributed by atoms with Crippen LogP contribution >= 0.6 is 11.6 Å². The second-order valence-electron chi connectivity index (χ2n) is 4.51. The fourth-order valence-electron chi connectivity index (χ4n) is 2.08. The molecule has 2 rings (SSSR count). The maximum atomic E-state index is 9.26. The Morgan fingerprint density at radius 3 is 2.83 bits per heavy atom. The molecule has 18 heavy (non-hydrogen) atoms. The van der Waals surface area contributed by atoms with E-state index in [9.17, 15) is 5.26 Å². The summed E-state index contributed by atoms with van der Waals surface area (Å²) in [6, 6.07) is 8.71. The zero-order valence-electron chi connectivity index (χ0n) is 10.5. The van der Waals surface area contributed by atoms with E-state index in [0.29, 0.717) is 24.1 Å². The lowest BCUT2D eigenvalue weighted by molar-refractivity contribution is 0.205. The first kappa shape index (κ1) is 13.2. The number of nitriles is 1. The Hall–Kier alpha value is -1.24. The lowest BCUT2D eigenvalue weighted by Gasteiger charge is -2.25. The third-order valence-corrected chi connectivity index (χ3v) is 3.48. The van der Waals surface area contributed by atoms with Gasteiger partial charge in [-0.1, -0.05) is 6.07 Å². The normalized spacial score (nSPS) is 14.3. The lowest BCUT2D eigenvalue weighted by atomic mass is 10.1. The number of rotatable bonds is 6. The van der Waals surface area contributed by atoms with Gasteiger partial charge in [0.05, 0.1) is 17.9 Å². The highest BCUT2D eigenvalue weighted by molar-refractivity contribution is 6.17. The van der Waals surface area contributed by atoms with Crippen LogP contribution in [0.4, 0.5) is 5.69 Å². The minimum Gasteiger partial charge on any atom is -0.383 e. The van der Waals surface area contributed by atoms with E-state index in [1.807, 2.05) is 18.2 Å². The molecule has 0 amide bonds. The molecule has 1 aromatic carbocycles. The molecule has 1 aromatic rings. The van der Waals surface area contributed by atoms with Crippen molar-refractivity contribution in [2.75, 3.05) is 25.2 Å². The van der Waals surface area contributed by atoms with Crippen molar-refractivity contribution in [3.8, 4) is 6.07 Å². The molecule has 0 unspecified atom stereocenters. The molecule has 0 aromatic heterocycles. The standard InChI is InChI=1S/C14H17ClN2O/c1-18-7-6-17(13-3-4-13)14-5-2-11(9-15)8-12(14)10-16/h2,5,8,13H,3-4,6-7,9H2,1H3. The van der Waals surface area contributed by atoms with Crippen molar-refractivity contribution in [2.24, 2.45) is 0 Å². The molecule has 4 heteroatoms. The van der Waals surface area contributed by atoms with Gasteiger partial charge in [0.15, 0.2) is 0 Å². The van der Waals surface area contributed by atoms with Crippen LogP contribution in [-0.2, 0) is 10.6 Å². The summed E-state index contributed by atoms with van der Waals surface area (Å²) in [5.74, 6) is 0.441. The molecular formula is C14H17ClN2O. The Bertz CT molecular complexity index is 452. The third-order valence-electron chi connectivity index (χ3n) is 3.17. The molecule has 0 spiro atoms. The number of hydrogen-bond donors (Lipinski definition) is 0. The predicted molar refractivity (Wildman–Crippen MR) is 73.0 cm³/mol. The van der Waals surface area contributed by atoms with Crippen molar-refractivity contribution >= 4 is 17.3 Å². The Morgan fingerprint density at radius 1 is 1.50 bits per heavy atom. The second kappa shape index (κ2) is 6.08. The molecular weight excluding hydrogens is 248 g/mol. The van der Waals surface area contributed by atoms with Gasteiger partial charge in [-0.3, -0.25) is 0 Å². The summed E-state index contributed by atoms with van der Waals surface area (Å²) in [5.41, 5.74) is 2.70. The van der Waals surface area contributed by atoms with Crippen molar-refractivity contribution in [3.63, 3.8) is 0 Å². The highest BCUT2D eigenvalue weighted by Gasteiger charge is 2.30. The number of nitrogens with zero attached hydrogens (tertiary/aromatic N) is 2. The van der Waals surface area contributed by atoms with Gasteiger partial charge in [-0.15, -0.1) is 11.6 Å². The minimum atomic E-state index is 0.441. The average molecular weight is 265 g/mol. The smallest absolute Gasteiger partial charge is 0.101 e. The number of halogens is 1. The number of anilines is 1. The lowest BCUT2D eigenvalue weighted by Crippen LogP contribution is -2.30. The first-order valence-corrected chi connectivity index (χ1v) is 6.68. The summed E-state index contributed by atoms with van der Waals surface area (Å²) in [7, 11) is 1.70. The first-order chi connectivity index (χ1) is 8.80. The number of benzene rings is 1. The molecule has 96 valence electrons. The summed E-state index contributed by atoms with van der Waals surface area (Å²) in [5, 5.41) is 9.26. The number of ether oxygens (including phenoxy) is 1. The number of methoxy groups -OCH3 is 1. The van der Waals surface area contributed by atoms with Crippen LogP contribution in [0.3, 0.4) is 0 Å². The molecule has 0 N–H and O–H groups in total. The Balaban J connectivity index is 2.26. The summed E-state index contributed by atoms with van der Waals surface area (Å²) >= 11 is 5.80. The van der Waals surface area contributed by atoms with Crippen molar-refractivity contribution in [1.29, 1.82) is 5.26 Å². The van der Waals surface area contributed by atoms with Crippen LogP contribution in [0.1, 0.15) is 24.0 Å². The minimum absolute atomic E-state index is 0.441. The van der Waals surface area contributed by atoms with E-state index >= 15 is 0 Å². The summed E-state index contributed by atoms with van der Waals surface area (Å²) in [4.78, 5) is 2.28. The van der Waals surface area contributed by atoms with Crippen molar-refractivity contribution in [2.45, 2.75) is 24.8 Å². The van der Waals surface area contributed by atoms with Gasteiger partial charge in [-0.25, -0.2) is 0 Å². The van der Waals surface area contributed by atoms with Gasteiger partial charge in [0.2, 0.25) is 0 Å². The Morgan fingerprint density at radius 2 is 2.28 bits per heavy atom. The quantitative estimate of drug-likeness (QED) is 0.742. The second-order valence-corrected chi connectivity index (χ2v) is 4.78. The van der Waals surface area contributed by atoms with Gasteiger partial charge in [0.25, 0.3) is 0 Å². The predicted octanol–water partition coefficient (Wildman–Crippen LogP) is 2.91. The molecule has 0 radical (unpaired) electrons. The van der Waals surface area contributed by atoms with Crippen molar-refractivity contribution in [1.82, 2.24) is 0 Å². The van der Waals surface area contributed by atoms with Gasteiger partial charge in [0.1, 0.15) is 6.07 Å². The van der Waals surface area contributed by atoms with E-state index in [1.165, 1.54) is 12.8 Å². The fraction of sp³-hybridized carbons (Fsp3) is 0.500. The van der Waals surface area contributed by atoms with Crippen LogP contribution in [0, 0.1) is 11.3 Å². The van der Waals surface area contributed by atoms with Crippen LogP contribution in [0.15, 0.2) is 18.2 Å². The van der Waals surface area contributed by atoms with E-state index in [0.717, 1.165) is 17.8 Å². The molecule has 0 aliphatic heterocycles. The third kappa shape index (κ3) is 2.95. The monoisotopic (exact) mass is 264 g/mol. The van der Waals surface area contributed by atoms with E-state index in [1.54, 1.807) is 7.11 Å². The summed E-state index contributed by atoms with van der Waals surface area (Å²) in [6.45, 7) is 1.51. The van der Waals surface area contributed by atoms with Gasteiger partial charge in [-0.05, 0) is 30.5 Å². The zero-order valence-corrected chi connectivity index (χ0v) is 11.3. The Labute approximate surface area is 113 Å². The van der Waals surface area contributed by atoms with Gasteiger partial charge >= 0.3 is 0 Å². The van der Waals surface area contributed by atoms with Crippen LogP contribution in [-0.4, -0.2) is 26.3 Å². The topological polar surface area (TPSA) is 36.3 Å². The molecule has 1 aliphatic carbocycles. The highest BCUT2D eigenvalue weighted by atomic mass is 35.5. The maximum Gasteiger partial charge on any atom is 0.101 e. The van der Waals surface area contributed by atoms with Crippen LogP contribution < -0.4 is 4.90 Å². The molecule has 0 bridgehead atoms. The molecule has 1 saturated carbocycles. The maximum absolute atomic E-state index is 9.26. The van der Waals surface area contributed by atoms with E-state index in [2.05, 4.69) is 11.0 Å². The SMILES string of the molecule is COCCN(c1ccc(CCl)cc1C#N)C1CC1. The molecule has 0 saturated heterocycles. The summed E-state index contributed by atoms with van der Waals surface area (Å²) in [6.07, 6.45) is 2.40. The molecule has 1 aliphatic rings. The summed E-state index contributed by atoms with van der Waals surface area (Å²) < 4.78 is 5.14. The van der Waals surface area contributed by atoms with Gasteiger partial charge in [-0.2, -0.15) is 5.26 Å². The van der Waals surface area contributed by atoms with E-state index in [-0.39, 0.29) is 0 Å². The van der Waals surface area contributed by atoms with Crippen molar-refractivity contribution < 1.29 is 4.74 Å². The van der Waals surface area contributed by atoms with Gasteiger partial charge < -0.3 is 9.64 Å². The molecule has 0 heterocycles. The van der Waals surface area contributed by atoms with E-state index < -0.39 is 0 Å². The largest absolute Gasteiger partial charge is 0.383 e. The molecule has 1 fully saturated rings. The average Bonchev–Trinajstić information content (AvgIpc) is 3.24. The highest BCUT2D eigenvalue weighted by Crippen LogP contribution is 2.33. The van der Waals surface area contributed by atoms with Crippen LogP contribution in [0.5, 0.6) is 0 Å². The zero-order chi connectivity index (χ0) is 13.0. The van der Waals surface area contributed by atoms with Gasteiger partial charge in [0, 0.05) is 25.6 Å². The van der Waals surface area contributed by atoms with Crippen molar-refractivity contribution in [3.05, 3.63) is 29.3 Å². The van der Waals surface area contributed by atoms with Crippen LogP contribution in [0.25, 0.3) is 0 Å². The molecule has 3 nitrogen and oxygen atoms in total. The Kier molecular flexibility index (Phi) is 4.46. The fourth-order valence-corrected chi connectivity index (χ4v) is 2.25. The van der Waals surface area contributed by atoms with Crippen LogP contribution in [0.2, 0.25) is 0 Å². The number of alkyl halides is 1. The number of hydrogen-bond acceptors (Lipinski definition) is 3. The molecule has 0 atom stereocenters. The first-order valence-electron chi connectivity index (χ1n) is 6.14. The van der Waals surface area contributed by atoms with E-state index in [4.69, 9.17) is 16.3 Å².